The first-order valence-electron chi connectivity index (χ1n) is 15.1. The van der Waals surface area contributed by atoms with Crippen molar-refractivity contribution in [3.05, 3.63) is 133 Å². The van der Waals surface area contributed by atoms with Gasteiger partial charge in [0.25, 0.3) is 0 Å². The van der Waals surface area contributed by atoms with Crippen LogP contribution in [-0.2, 0) is 0 Å². The van der Waals surface area contributed by atoms with Crippen molar-refractivity contribution < 1.29 is 4.42 Å². The van der Waals surface area contributed by atoms with E-state index in [-0.39, 0.29) is 0 Å². The van der Waals surface area contributed by atoms with Crippen LogP contribution in [0.3, 0.4) is 0 Å². The molecule has 0 saturated carbocycles. The lowest BCUT2D eigenvalue weighted by molar-refractivity contribution is 0.619. The van der Waals surface area contributed by atoms with Crippen LogP contribution < -0.4 is 0 Å². The predicted molar refractivity (Wildman–Crippen MR) is 181 cm³/mol. The summed E-state index contributed by atoms with van der Waals surface area (Å²) in [4.78, 5) is 36.6. The first kappa shape index (κ1) is 28.0. The molecular weight excluding hydrogens is 584 g/mol. The predicted octanol–water partition coefficient (Wildman–Crippen LogP) is 8.21. The molecule has 0 spiro atoms. The molecular formula is C38H26N8O. The van der Waals surface area contributed by atoms with Gasteiger partial charge in [-0.15, -0.1) is 0 Å². The maximum absolute atomic E-state index is 6.11. The van der Waals surface area contributed by atoms with Gasteiger partial charge in [0.1, 0.15) is 18.2 Å². The fourth-order valence-corrected chi connectivity index (χ4v) is 5.39. The third kappa shape index (κ3) is 5.62. The van der Waals surface area contributed by atoms with E-state index in [0.717, 1.165) is 55.9 Å². The second-order valence-corrected chi connectivity index (χ2v) is 11.2. The van der Waals surface area contributed by atoms with Crippen LogP contribution in [-0.4, -0.2) is 39.9 Å². The van der Waals surface area contributed by atoms with Crippen LogP contribution in [0.25, 0.3) is 79.2 Å². The number of oxazole rings is 1. The van der Waals surface area contributed by atoms with E-state index < -0.39 is 0 Å². The Labute approximate surface area is 270 Å². The van der Waals surface area contributed by atoms with Crippen molar-refractivity contribution in [2.24, 2.45) is 0 Å². The minimum absolute atomic E-state index is 0.542. The zero-order chi connectivity index (χ0) is 31.7. The largest absolute Gasteiger partial charge is 0.436 e. The first-order valence-corrected chi connectivity index (χ1v) is 15.1. The van der Waals surface area contributed by atoms with Crippen LogP contribution in [0, 0.1) is 13.8 Å². The number of hydrogen-bond acceptors (Lipinski definition) is 9. The highest BCUT2D eigenvalue weighted by Crippen LogP contribution is 2.31. The van der Waals surface area contributed by atoms with Gasteiger partial charge in [-0.3, -0.25) is 0 Å². The Balaban J connectivity index is 1.22. The fraction of sp³-hybridized carbons (Fsp3) is 0.0526. The highest BCUT2D eigenvalue weighted by atomic mass is 16.3. The van der Waals surface area contributed by atoms with Gasteiger partial charge in [0.05, 0.1) is 11.4 Å². The Morgan fingerprint density at radius 2 is 0.979 bits per heavy atom. The molecule has 0 unspecified atom stereocenters. The van der Waals surface area contributed by atoms with Gasteiger partial charge in [-0.05, 0) is 73.5 Å². The summed E-state index contributed by atoms with van der Waals surface area (Å²) in [5, 5.41) is 0. The maximum atomic E-state index is 6.11. The van der Waals surface area contributed by atoms with Crippen molar-refractivity contribution in [3.63, 3.8) is 0 Å². The van der Waals surface area contributed by atoms with Crippen molar-refractivity contribution in [2.75, 3.05) is 0 Å². The third-order valence-electron chi connectivity index (χ3n) is 8.03. The molecule has 4 aromatic carbocycles. The molecule has 0 amide bonds. The molecule has 0 radical (unpaired) electrons. The summed E-state index contributed by atoms with van der Waals surface area (Å²) < 4.78 is 6.11. The zero-order valence-corrected chi connectivity index (χ0v) is 25.5. The summed E-state index contributed by atoms with van der Waals surface area (Å²) in [6.45, 7) is 4.15. The van der Waals surface area contributed by atoms with Crippen LogP contribution in [0.15, 0.2) is 127 Å². The zero-order valence-electron chi connectivity index (χ0n) is 25.5. The summed E-state index contributed by atoms with van der Waals surface area (Å²) in [6.07, 6.45) is 6.54. The summed E-state index contributed by atoms with van der Waals surface area (Å²) >= 11 is 0. The van der Waals surface area contributed by atoms with Crippen LogP contribution in [0.2, 0.25) is 0 Å². The average molecular weight is 611 g/mol. The number of benzene rings is 4. The number of aromatic nitrogens is 8. The van der Waals surface area contributed by atoms with Crippen LogP contribution in [0.5, 0.6) is 0 Å². The molecule has 0 saturated heterocycles. The summed E-state index contributed by atoms with van der Waals surface area (Å²) in [7, 11) is 0. The van der Waals surface area contributed by atoms with E-state index >= 15 is 0 Å². The van der Waals surface area contributed by atoms with Gasteiger partial charge in [-0.25, -0.2) is 39.9 Å². The second-order valence-electron chi connectivity index (χ2n) is 11.2. The molecule has 9 nitrogen and oxygen atoms in total. The van der Waals surface area contributed by atoms with E-state index in [1.54, 1.807) is 25.0 Å². The van der Waals surface area contributed by atoms with E-state index in [1.807, 2.05) is 91.0 Å². The Morgan fingerprint density at radius 3 is 1.53 bits per heavy atom. The Morgan fingerprint density at radius 1 is 0.468 bits per heavy atom. The SMILES string of the molecule is Cc1cc2nc(-c3ccc(-c4nc(-c5cccc(-c6ccncn6)c5)nc(-c5cccc(-c6ccncn6)c5)n4)cc3)oc2cc1C. The van der Waals surface area contributed by atoms with Gasteiger partial charge in [0, 0.05) is 45.8 Å². The van der Waals surface area contributed by atoms with E-state index in [2.05, 4.69) is 39.8 Å². The maximum Gasteiger partial charge on any atom is 0.227 e. The first-order chi connectivity index (χ1) is 23.1. The molecule has 8 rings (SSSR count). The number of hydrogen-bond donors (Lipinski definition) is 0. The van der Waals surface area contributed by atoms with Crippen LogP contribution in [0.1, 0.15) is 11.1 Å². The third-order valence-corrected chi connectivity index (χ3v) is 8.03. The highest BCUT2D eigenvalue weighted by molar-refractivity contribution is 5.79. The van der Waals surface area contributed by atoms with Crippen molar-refractivity contribution in [1.29, 1.82) is 0 Å². The van der Waals surface area contributed by atoms with E-state index in [1.165, 1.54) is 11.1 Å². The molecule has 0 aliphatic carbocycles. The quantitative estimate of drug-likeness (QED) is 0.184. The topological polar surface area (TPSA) is 116 Å². The lowest BCUT2D eigenvalue weighted by Gasteiger charge is -2.10. The summed E-state index contributed by atoms with van der Waals surface area (Å²) in [5.41, 5.74) is 10.8. The Bertz CT molecular complexity index is 2230. The smallest absolute Gasteiger partial charge is 0.227 e. The number of fused-ring (bicyclic) bond motifs is 1. The minimum Gasteiger partial charge on any atom is -0.436 e. The number of rotatable bonds is 6. The van der Waals surface area contributed by atoms with Gasteiger partial charge in [0.15, 0.2) is 23.1 Å². The average Bonchev–Trinajstić information content (AvgIpc) is 3.55. The molecule has 4 aromatic heterocycles. The van der Waals surface area contributed by atoms with Crippen LogP contribution >= 0.6 is 0 Å². The van der Waals surface area contributed by atoms with Gasteiger partial charge in [-0.2, -0.15) is 0 Å². The molecule has 224 valence electrons. The Hall–Kier alpha value is -6.48. The monoisotopic (exact) mass is 610 g/mol. The highest BCUT2D eigenvalue weighted by Gasteiger charge is 2.15. The lowest BCUT2D eigenvalue weighted by Crippen LogP contribution is -2.00. The van der Waals surface area contributed by atoms with E-state index in [0.29, 0.717) is 23.4 Å². The van der Waals surface area contributed by atoms with Crippen molar-refractivity contribution in [3.8, 4) is 68.1 Å². The molecule has 0 N–H and O–H groups in total. The summed E-state index contributed by atoms with van der Waals surface area (Å²) in [6, 6.07) is 31.8. The van der Waals surface area contributed by atoms with Gasteiger partial charge in [-0.1, -0.05) is 48.5 Å². The normalized spacial score (nSPS) is 11.2. The minimum atomic E-state index is 0.542. The lowest BCUT2D eigenvalue weighted by atomic mass is 10.1. The molecule has 4 heterocycles. The van der Waals surface area contributed by atoms with Gasteiger partial charge in [0.2, 0.25) is 5.89 Å². The number of nitrogens with zero attached hydrogens (tertiary/aromatic N) is 8. The summed E-state index contributed by atoms with van der Waals surface area (Å²) in [5.74, 6) is 2.20. The molecule has 9 heteroatoms. The van der Waals surface area contributed by atoms with Crippen LogP contribution in [0.4, 0.5) is 0 Å². The van der Waals surface area contributed by atoms with Crippen molar-refractivity contribution >= 4 is 11.1 Å². The molecule has 47 heavy (non-hydrogen) atoms. The molecule has 8 aromatic rings. The fourth-order valence-electron chi connectivity index (χ4n) is 5.39. The van der Waals surface area contributed by atoms with Crippen molar-refractivity contribution in [1.82, 2.24) is 39.9 Å². The Kier molecular flexibility index (Phi) is 7.03. The van der Waals surface area contributed by atoms with Gasteiger partial charge >= 0.3 is 0 Å². The molecule has 0 aliphatic rings. The molecule has 0 atom stereocenters. The van der Waals surface area contributed by atoms with E-state index in [9.17, 15) is 0 Å². The van der Waals surface area contributed by atoms with E-state index in [4.69, 9.17) is 24.4 Å². The second kappa shape index (κ2) is 11.8. The molecule has 0 bridgehead atoms. The number of aryl methyl sites for hydroxylation is 2. The molecule has 0 fully saturated rings. The standard InChI is InChI=1S/C38H26N8O/c1-23-17-33-34(18-24(23)2)47-38(43-33)26-11-9-25(10-12-26)35-44-36(29-7-3-5-27(19-29)31-13-15-39-21-41-31)46-37(45-35)30-8-4-6-28(20-30)32-14-16-40-22-42-32/h3-22H,1-2H3. The molecule has 0 aliphatic heterocycles. The van der Waals surface area contributed by atoms with Crippen molar-refractivity contribution in [2.45, 2.75) is 13.8 Å². The van der Waals surface area contributed by atoms with Gasteiger partial charge < -0.3 is 4.42 Å².